The highest BCUT2D eigenvalue weighted by Crippen LogP contribution is 2.39. The van der Waals surface area contributed by atoms with Crippen LogP contribution in [0.15, 0.2) is 6.20 Å². The summed E-state index contributed by atoms with van der Waals surface area (Å²) in [4.78, 5) is 9.07. The summed E-state index contributed by atoms with van der Waals surface area (Å²) in [5.41, 5.74) is 8.66. The monoisotopic (exact) mass is 217 g/mol. The van der Waals surface area contributed by atoms with Crippen LogP contribution in [0.3, 0.4) is 0 Å². The number of aryl methyl sites for hydroxylation is 2. The fourth-order valence-electron chi connectivity index (χ4n) is 2.09. The summed E-state index contributed by atoms with van der Waals surface area (Å²) in [7, 11) is 0. The first kappa shape index (κ1) is 10.2. The van der Waals surface area contributed by atoms with E-state index in [1.807, 2.05) is 6.20 Å². The molecule has 2 N–H and O–H groups in total. The molecule has 0 atom stereocenters. The number of nitrogens with zero attached hydrogens (tertiary/aromatic N) is 2. The van der Waals surface area contributed by atoms with Crippen LogP contribution in [0.25, 0.3) is 0 Å². The predicted molar refractivity (Wildman–Crippen MR) is 63.2 cm³/mol. The van der Waals surface area contributed by atoms with Crippen LogP contribution in [0.5, 0.6) is 0 Å². The Kier molecular flexibility index (Phi) is 2.25. The summed E-state index contributed by atoms with van der Waals surface area (Å²) in [5, 5.41) is 0. The molecule has 0 saturated heterocycles. The molecule has 2 aliphatic rings. The fraction of sp³-hybridized carbons (Fsp3) is 0.692. The van der Waals surface area contributed by atoms with Crippen LogP contribution in [-0.4, -0.2) is 15.5 Å². The van der Waals surface area contributed by atoms with E-state index < -0.39 is 0 Å². The van der Waals surface area contributed by atoms with E-state index in [9.17, 15) is 0 Å². The summed E-state index contributed by atoms with van der Waals surface area (Å²) >= 11 is 0. The molecule has 2 saturated carbocycles. The van der Waals surface area contributed by atoms with Crippen molar-refractivity contribution in [1.82, 2.24) is 9.97 Å². The number of hydrogen-bond acceptors (Lipinski definition) is 3. The van der Waals surface area contributed by atoms with Gasteiger partial charge in [-0.3, -0.25) is 0 Å². The maximum absolute atomic E-state index is 6.09. The van der Waals surface area contributed by atoms with Gasteiger partial charge in [0.1, 0.15) is 5.82 Å². The van der Waals surface area contributed by atoms with Crippen LogP contribution in [0, 0.1) is 6.92 Å². The lowest BCUT2D eigenvalue weighted by Gasteiger charge is -2.10. The van der Waals surface area contributed by atoms with Crippen molar-refractivity contribution >= 4 is 0 Å². The lowest BCUT2D eigenvalue weighted by molar-refractivity contribution is 0.605. The molecule has 0 unspecified atom stereocenters. The van der Waals surface area contributed by atoms with Crippen LogP contribution in [0.1, 0.15) is 55.1 Å². The van der Waals surface area contributed by atoms with Gasteiger partial charge < -0.3 is 5.73 Å². The van der Waals surface area contributed by atoms with Crippen molar-refractivity contribution in [2.45, 2.75) is 56.9 Å². The highest BCUT2D eigenvalue weighted by molar-refractivity contribution is 5.20. The van der Waals surface area contributed by atoms with Crippen molar-refractivity contribution in [3.05, 3.63) is 23.3 Å². The average molecular weight is 217 g/mol. The summed E-state index contributed by atoms with van der Waals surface area (Å²) in [6, 6.07) is 0. The molecule has 2 aliphatic carbocycles. The summed E-state index contributed by atoms with van der Waals surface area (Å²) in [6.07, 6.45) is 9.05. The zero-order valence-corrected chi connectivity index (χ0v) is 9.87. The van der Waals surface area contributed by atoms with Gasteiger partial charge >= 0.3 is 0 Å². The van der Waals surface area contributed by atoms with Crippen LogP contribution in [0.2, 0.25) is 0 Å². The third-order valence-electron chi connectivity index (χ3n) is 3.83. The molecule has 86 valence electrons. The first-order valence-electron chi connectivity index (χ1n) is 6.28. The smallest absolute Gasteiger partial charge is 0.131 e. The zero-order chi connectivity index (χ0) is 11.2. The van der Waals surface area contributed by atoms with Gasteiger partial charge in [0.15, 0.2) is 0 Å². The summed E-state index contributed by atoms with van der Waals surface area (Å²) in [5.74, 6) is 1.70. The second kappa shape index (κ2) is 3.52. The molecule has 0 spiro atoms. The van der Waals surface area contributed by atoms with E-state index in [1.165, 1.54) is 31.2 Å². The molecule has 0 bridgehead atoms. The quantitative estimate of drug-likeness (QED) is 0.840. The predicted octanol–water partition coefficient (Wildman–Crippen LogP) is 2.09. The van der Waals surface area contributed by atoms with E-state index in [0.717, 1.165) is 24.4 Å². The first-order chi connectivity index (χ1) is 7.66. The van der Waals surface area contributed by atoms with Gasteiger partial charge in [0.25, 0.3) is 0 Å². The summed E-state index contributed by atoms with van der Waals surface area (Å²) in [6.45, 7) is 2.10. The Morgan fingerprint density at radius 3 is 2.75 bits per heavy atom. The Hall–Kier alpha value is -0.960. The van der Waals surface area contributed by atoms with Gasteiger partial charge in [0, 0.05) is 23.3 Å². The Morgan fingerprint density at radius 1 is 1.44 bits per heavy atom. The van der Waals surface area contributed by atoms with E-state index in [0.29, 0.717) is 5.92 Å². The van der Waals surface area contributed by atoms with Gasteiger partial charge in [-0.2, -0.15) is 0 Å². The van der Waals surface area contributed by atoms with Gasteiger partial charge in [-0.05, 0) is 51.0 Å². The largest absolute Gasteiger partial charge is 0.325 e. The lowest BCUT2D eigenvalue weighted by atomic mass is 10.0. The summed E-state index contributed by atoms with van der Waals surface area (Å²) < 4.78 is 0. The molecule has 3 heteroatoms. The first-order valence-corrected chi connectivity index (χ1v) is 6.28. The van der Waals surface area contributed by atoms with E-state index in [1.54, 1.807) is 0 Å². The molecule has 0 radical (unpaired) electrons. The van der Waals surface area contributed by atoms with E-state index in [2.05, 4.69) is 16.9 Å². The van der Waals surface area contributed by atoms with Crippen LogP contribution in [-0.2, 0) is 6.42 Å². The zero-order valence-electron chi connectivity index (χ0n) is 9.87. The Morgan fingerprint density at radius 2 is 2.19 bits per heavy atom. The topological polar surface area (TPSA) is 51.8 Å². The van der Waals surface area contributed by atoms with Gasteiger partial charge in [-0.25, -0.2) is 9.97 Å². The average Bonchev–Trinajstić information content (AvgIpc) is 3.12. The Bertz CT molecular complexity index is 406. The Balaban J connectivity index is 1.69. The van der Waals surface area contributed by atoms with Gasteiger partial charge in [-0.1, -0.05) is 0 Å². The minimum atomic E-state index is 0.140. The lowest BCUT2D eigenvalue weighted by Crippen LogP contribution is -2.22. The molecule has 1 aromatic heterocycles. The number of hydrogen-bond donors (Lipinski definition) is 1. The van der Waals surface area contributed by atoms with E-state index >= 15 is 0 Å². The maximum Gasteiger partial charge on any atom is 0.131 e. The fourth-order valence-corrected chi connectivity index (χ4v) is 2.09. The number of nitrogens with two attached hydrogens (primary N) is 1. The minimum absolute atomic E-state index is 0.140. The standard InChI is InChI=1S/C13H19N3/c1-9-11(4-5-13(14)6-7-13)8-15-12(16-9)10-2-3-10/h8,10H,2-7,14H2,1H3. The van der Waals surface area contributed by atoms with Gasteiger partial charge in [-0.15, -0.1) is 0 Å². The van der Waals surface area contributed by atoms with Crippen molar-refractivity contribution in [3.63, 3.8) is 0 Å². The second-order valence-electron chi connectivity index (χ2n) is 5.48. The minimum Gasteiger partial charge on any atom is -0.325 e. The van der Waals surface area contributed by atoms with Crippen molar-refractivity contribution in [2.75, 3.05) is 0 Å². The number of rotatable bonds is 4. The van der Waals surface area contributed by atoms with Crippen molar-refractivity contribution < 1.29 is 0 Å². The third-order valence-corrected chi connectivity index (χ3v) is 3.83. The van der Waals surface area contributed by atoms with Crippen molar-refractivity contribution in [1.29, 1.82) is 0 Å². The molecule has 0 amide bonds. The van der Waals surface area contributed by atoms with Crippen LogP contribution < -0.4 is 5.73 Å². The van der Waals surface area contributed by atoms with E-state index in [4.69, 9.17) is 5.73 Å². The van der Waals surface area contributed by atoms with Crippen molar-refractivity contribution in [3.8, 4) is 0 Å². The molecule has 2 fully saturated rings. The van der Waals surface area contributed by atoms with Gasteiger partial charge in [0.05, 0.1) is 0 Å². The highest BCUT2D eigenvalue weighted by atomic mass is 14.9. The SMILES string of the molecule is Cc1nc(C2CC2)ncc1CCC1(N)CC1. The van der Waals surface area contributed by atoms with Crippen molar-refractivity contribution in [2.24, 2.45) is 5.73 Å². The molecule has 1 aromatic rings. The molecule has 0 aliphatic heterocycles. The molecule has 16 heavy (non-hydrogen) atoms. The molecular weight excluding hydrogens is 198 g/mol. The van der Waals surface area contributed by atoms with E-state index in [-0.39, 0.29) is 5.54 Å². The molecular formula is C13H19N3. The molecule has 3 nitrogen and oxygen atoms in total. The Labute approximate surface area is 96.5 Å². The van der Waals surface area contributed by atoms with Gasteiger partial charge in [0.2, 0.25) is 0 Å². The highest BCUT2D eigenvalue weighted by Gasteiger charge is 2.37. The number of aromatic nitrogens is 2. The van der Waals surface area contributed by atoms with Crippen LogP contribution >= 0.6 is 0 Å². The molecule has 0 aromatic carbocycles. The second-order valence-corrected chi connectivity index (χ2v) is 5.48. The van der Waals surface area contributed by atoms with Crippen LogP contribution in [0.4, 0.5) is 0 Å². The normalized spacial score (nSPS) is 22.1. The molecule has 1 heterocycles. The third kappa shape index (κ3) is 2.09. The molecule has 3 rings (SSSR count). The maximum atomic E-state index is 6.09.